The van der Waals surface area contributed by atoms with Crippen LogP contribution in [0.2, 0.25) is 0 Å². The number of carbonyl (C=O) groups excluding carboxylic acids is 2. The summed E-state index contributed by atoms with van der Waals surface area (Å²) in [4.78, 5) is 54.6. The minimum absolute atomic E-state index is 0.0637. The van der Waals surface area contributed by atoms with Crippen LogP contribution in [0.3, 0.4) is 0 Å². The van der Waals surface area contributed by atoms with E-state index in [4.69, 9.17) is 4.74 Å². The van der Waals surface area contributed by atoms with E-state index in [0.29, 0.717) is 52.9 Å². The number of carbonyl (C=O) groups is 3. The number of anilines is 1. The zero-order valence-electron chi connectivity index (χ0n) is 22.8. The Kier molecular flexibility index (Phi) is 8.02. The number of carboxylic acid groups (broad SMARTS) is 1. The number of nitrogens with zero attached hydrogens (tertiary/aromatic N) is 5. The van der Waals surface area contributed by atoms with Gasteiger partial charge in [-0.15, -0.1) is 16.9 Å². The highest BCUT2D eigenvalue weighted by atomic mass is 32.2. The first-order valence-electron chi connectivity index (χ1n) is 13.5. The molecule has 1 unspecified atom stereocenters. The molecular formula is C26H27FN8O6S2. The van der Waals surface area contributed by atoms with E-state index in [0.717, 1.165) is 13.1 Å². The number of aryl methyl sites for hydroxylation is 1. The van der Waals surface area contributed by atoms with Crippen LogP contribution in [0.4, 0.5) is 14.9 Å². The number of piperazine rings is 1. The Morgan fingerprint density at radius 1 is 1.28 bits per heavy atom. The lowest BCUT2D eigenvalue weighted by atomic mass is 10.0. The molecule has 226 valence electrons. The van der Waals surface area contributed by atoms with Crippen molar-refractivity contribution in [2.75, 3.05) is 42.6 Å². The van der Waals surface area contributed by atoms with E-state index < -0.39 is 40.6 Å². The lowest BCUT2D eigenvalue weighted by Gasteiger charge is -2.49. The molecule has 0 saturated carbocycles. The Bertz CT molecular complexity index is 1690. The van der Waals surface area contributed by atoms with Gasteiger partial charge in [0.1, 0.15) is 27.8 Å². The fraction of sp³-hybridized carbons (Fsp3) is 0.385. The molecule has 0 bridgehead atoms. The van der Waals surface area contributed by atoms with Crippen LogP contribution < -0.4 is 21.0 Å². The fourth-order valence-corrected chi connectivity index (χ4v) is 7.55. The summed E-state index contributed by atoms with van der Waals surface area (Å²) < 4.78 is 21.9. The van der Waals surface area contributed by atoms with E-state index in [1.807, 2.05) is 11.8 Å². The number of hydrogen-bond acceptors (Lipinski definition) is 11. The Hall–Kier alpha value is -4.09. The third-order valence-electron chi connectivity index (χ3n) is 7.44. The van der Waals surface area contributed by atoms with Crippen LogP contribution in [0.15, 0.2) is 45.8 Å². The molecule has 6 rings (SSSR count). The van der Waals surface area contributed by atoms with Crippen molar-refractivity contribution in [1.29, 1.82) is 0 Å². The molecule has 3 aromatic rings. The number of aromatic amines is 1. The van der Waals surface area contributed by atoms with Crippen molar-refractivity contribution < 1.29 is 28.6 Å². The van der Waals surface area contributed by atoms with Crippen molar-refractivity contribution in [2.45, 2.75) is 29.9 Å². The minimum atomic E-state index is -1.58. The van der Waals surface area contributed by atoms with Crippen LogP contribution in [0.25, 0.3) is 10.9 Å². The third kappa shape index (κ3) is 5.43. The van der Waals surface area contributed by atoms with E-state index in [1.54, 1.807) is 10.6 Å². The summed E-state index contributed by atoms with van der Waals surface area (Å²) in [6.07, 6.45) is 1.36. The summed E-state index contributed by atoms with van der Waals surface area (Å²) in [6.45, 7) is 4.95. The topological polar surface area (TPSA) is 175 Å². The smallest absolute Gasteiger partial charge is 0.449 e. The molecule has 2 amide bonds. The van der Waals surface area contributed by atoms with Crippen molar-refractivity contribution in [3.63, 3.8) is 0 Å². The second-order valence-electron chi connectivity index (χ2n) is 9.95. The maximum atomic E-state index is 15.2. The lowest BCUT2D eigenvalue weighted by Crippen LogP contribution is -2.70. The molecule has 2 fully saturated rings. The average Bonchev–Trinajstić information content (AvgIpc) is 3.53. The van der Waals surface area contributed by atoms with Crippen molar-refractivity contribution in [2.24, 2.45) is 0 Å². The molecule has 4 N–H and O–H groups in total. The highest BCUT2D eigenvalue weighted by molar-refractivity contribution is 8.01. The minimum Gasteiger partial charge on any atom is -0.449 e. The van der Waals surface area contributed by atoms with Gasteiger partial charge < -0.3 is 29.9 Å². The number of ether oxygens (including phenoxy) is 1. The maximum Gasteiger partial charge on any atom is 0.512 e. The Balaban J connectivity index is 1.24. The van der Waals surface area contributed by atoms with Gasteiger partial charge in [0.05, 0.1) is 17.4 Å². The van der Waals surface area contributed by atoms with Gasteiger partial charge in [-0.1, -0.05) is 11.8 Å². The first-order valence-corrected chi connectivity index (χ1v) is 15.5. The molecule has 5 heterocycles. The summed E-state index contributed by atoms with van der Waals surface area (Å²) in [7, 11) is 0. The van der Waals surface area contributed by atoms with Gasteiger partial charge in [-0.2, -0.15) is 10.3 Å². The third-order valence-corrected chi connectivity index (χ3v) is 9.77. The van der Waals surface area contributed by atoms with Crippen LogP contribution >= 0.6 is 23.5 Å². The van der Waals surface area contributed by atoms with E-state index in [9.17, 15) is 24.3 Å². The van der Waals surface area contributed by atoms with Crippen molar-refractivity contribution in [3.8, 4) is 0 Å². The first kappa shape index (κ1) is 29.0. The summed E-state index contributed by atoms with van der Waals surface area (Å²) in [5.74, 6) is -1.37. The molecule has 2 saturated heterocycles. The van der Waals surface area contributed by atoms with Gasteiger partial charge in [-0.3, -0.25) is 19.3 Å². The molecule has 14 nitrogen and oxygen atoms in total. The number of nitrogens with one attached hydrogen (secondary N) is 3. The van der Waals surface area contributed by atoms with Gasteiger partial charge in [0, 0.05) is 61.4 Å². The lowest BCUT2D eigenvalue weighted by molar-refractivity contribution is -0.145. The molecule has 0 aliphatic carbocycles. The maximum absolute atomic E-state index is 15.2. The number of rotatable bonds is 8. The summed E-state index contributed by atoms with van der Waals surface area (Å²) in [6, 6.07) is 1.79. The van der Waals surface area contributed by atoms with Crippen molar-refractivity contribution >= 4 is 58.1 Å². The zero-order chi connectivity index (χ0) is 30.2. The Labute approximate surface area is 252 Å². The molecule has 3 aliphatic rings. The number of H-pyrrole nitrogens is 1. The molecule has 2 atom stereocenters. The van der Waals surface area contributed by atoms with Gasteiger partial charge in [0.2, 0.25) is 11.3 Å². The number of β-lactam (4-membered cyclic amide) rings is 1. The number of pyridine rings is 1. The van der Waals surface area contributed by atoms with Crippen molar-refractivity contribution in [3.05, 3.63) is 57.6 Å². The summed E-state index contributed by atoms with van der Waals surface area (Å²) in [5.41, 5.74) is 0.595. The van der Waals surface area contributed by atoms with E-state index in [-0.39, 0.29) is 16.8 Å². The standard InChI is InChI=1S/C26H27FN8O6S2/c1-2-33-10-15(21(36)14-7-16(27)18(8-17(14)33)34-5-3-28-4-6-34)22(37)30-20-23(38)35-24(41-26(39)40)13(12-43-25(20)35)11-42-19-9-29-32-31-19/h7-10,20,25,28H,2-6,11-12H2,1H3,(H,30,37)(H,39,40)(H,29,31,32)/t20?,25-/m0/s1. The highest BCUT2D eigenvalue weighted by Gasteiger charge is 2.54. The SMILES string of the molecule is CCn1cc(C(=O)NC2C(=O)N3C(OC(=O)O)=C(CSc4cn[nH]n4)CS[C@@H]23)c(=O)c2cc(F)c(N3CCNCC3)cc21. The number of hydrogen-bond donors (Lipinski definition) is 4. The average molecular weight is 631 g/mol. The summed E-state index contributed by atoms with van der Waals surface area (Å²) >= 11 is 2.62. The molecule has 0 radical (unpaired) electrons. The number of fused-ring (bicyclic) bond motifs is 2. The van der Waals surface area contributed by atoms with Gasteiger partial charge >= 0.3 is 6.16 Å². The molecule has 1 aromatic carbocycles. The van der Waals surface area contributed by atoms with E-state index in [1.165, 1.54) is 46.9 Å². The Morgan fingerprint density at radius 2 is 2.07 bits per heavy atom. The highest BCUT2D eigenvalue weighted by Crippen LogP contribution is 2.42. The largest absolute Gasteiger partial charge is 0.512 e. The van der Waals surface area contributed by atoms with Gasteiger partial charge in [-0.05, 0) is 19.1 Å². The van der Waals surface area contributed by atoms with Gasteiger partial charge in [-0.25, -0.2) is 9.18 Å². The Morgan fingerprint density at radius 3 is 2.77 bits per heavy atom. The quantitative estimate of drug-likeness (QED) is 0.160. The number of thioether (sulfide) groups is 2. The number of amides is 2. The predicted octanol–water partition coefficient (Wildman–Crippen LogP) is 1.40. The monoisotopic (exact) mass is 630 g/mol. The van der Waals surface area contributed by atoms with Crippen molar-refractivity contribution in [1.82, 2.24) is 35.5 Å². The van der Waals surface area contributed by atoms with Crippen LogP contribution in [0.5, 0.6) is 0 Å². The first-order chi connectivity index (χ1) is 20.8. The fourth-order valence-electron chi connectivity index (χ4n) is 5.32. The van der Waals surface area contributed by atoms with E-state index in [2.05, 4.69) is 26.0 Å². The summed E-state index contributed by atoms with van der Waals surface area (Å²) in [5, 5.41) is 25.4. The molecular weight excluding hydrogens is 603 g/mol. The zero-order valence-corrected chi connectivity index (χ0v) is 24.5. The van der Waals surface area contributed by atoms with E-state index >= 15 is 4.39 Å². The second kappa shape index (κ2) is 11.9. The molecule has 43 heavy (non-hydrogen) atoms. The van der Waals surface area contributed by atoms with Crippen LogP contribution in [-0.4, -0.2) is 97.1 Å². The molecule has 2 aromatic heterocycles. The van der Waals surface area contributed by atoms with Gasteiger partial charge in [0.25, 0.3) is 11.8 Å². The second-order valence-corrected chi connectivity index (χ2v) is 12.1. The number of benzene rings is 1. The van der Waals surface area contributed by atoms with Crippen LogP contribution in [-0.2, 0) is 16.1 Å². The number of halogens is 1. The normalized spacial score (nSPS) is 20.2. The van der Waals surface area contributed by atoms with Crippen LogP contribution in [0, 0.1) is 5.82 Å². The molecule has 17 heteroatoms. The molecule has 0 spiro atoms. The van der Waals surface area contributed by atoms with Gasteiger partial charge in [0.15, 0.2) is 0 Å². The molecule has 3 aliphatic heterocycles. The predicted molar refractivity (Wildman–Crippen MR) is 157 cm³/mol. The number of aromatic nitrogens is 4. The van der Waals surface area contributed by atoms with Crippen LogP contribution in [0.1, 0.15) is 17.3 Å².